The molecule has 16 heavy (non-hydrogen) atoms. The first-order chi connectivity index (χ1) is 7.57. The Morgan fingerprint density at radius 1 is 1.75 bits per heavy atom. The predicted molar refractivity (Wildman–Crippen MR) is 66.2 cm³/mol. The second kappa shape index (κ2) is 6.12. The van der Waals surface area contributed by atoms with Crippen molar-refractivity contribution in [2.24, 2.45) is 5.73 Å². The lowest BCUT2D eigenvalue weighted by molar-refractivity contribution is -0.133. The zero-order valence-electron chi connectivity index (χ0n) is 9.73. The molecule has 2 atom stereocenters. The molecule has 0 aromatic heterocycles. The number of morpholine rings is 1. The van der Waals surface area contributed by atoms with Gasteiger partial charge in [-0.25, -0.2) is 0 Å². The van der Waals surface area contributed by atoms with E-state index in [1.165, 1.54) is 0 Å². The number of carbonyl (C=O) groups excluding carboxylic acids is 1. The third-order valence-corrected chi connectivity index (χ3v) is 3.07. The van der Waals surface area contributed by atoms with Crippen molar-refractivity contribution in [2.75, 3.05) is 26.3 Å². The van der Waals surface area contributed by atoms with Crippen LogP contribution in [-0.2, 0) is 9.53 Å². The number of nitrogens with two attached hydrogens (primary N) is 1. The van der Waals surface area contributed by atoms with E-state index in [0.29, 0.717) is 31.3 Å². The summed E-state index contributed by atoms with van der Waals surface area (Å²) in [5, 5.41) is 2.79. The molecule has 92 valence electrons. The van der Waals surface area contributed by atoms with E-state index in [0.717, 1.165) is 0 Å². The van der Waals surface area contributed by atoms with Gasteiger partial charge in [0.2, 0.25) is 5.91 Å². The number of nitrogens with one attached hydrogen (secondary N) is 1. The number of hydrogen-bond acceptors (Lipinski definition) is 4. The highest BCUT2D eigenvalue weighted by Crippen LogP contribution is 2.11. The Labute approximate surface area is 101 Å². The minimum absolute atomic E-state index is 0.0229. The summed E-state index contributed by atoms with van der Waals surface area (Å²) in [5.74, 6) is -0.0229. The third kappa shape index (κ3) is 3.13. The predicted octanol–water partition coefficient (Wildman–Crippen LogP) is -0.502. The summed E-state index contributed by atoms with van der Waals surface area (Å²) in [6.45, 7) is 6.12. The van der Waals surface area contributed by atoms with Gasteiger partial charge in [-0.1, -0.05) is 12.2 Å². The van der Waals surface area contributed by atoms with Crippen LogP contribution in [0.3, 0.4) is 0 Å². The van der Waals surface area contributed by atoms with Crippen molar-refractivity contribution >= 4 is 23.1 Å². The smallest absolute Gasteiger partial charge is 0.239 e. The summed E-state index contributed by atoms with van der Waals surface area (Å²) in [4.78, 5) is 14.2. The van der Waals surface area contributed by atoms with Gasteiger partial charge in [0.15, 0.2) is 0 Å². The molecule has 1 aliphatic rings. The van der Waals surface area contributed by atoms with Crippen molar-refractivity contribution in [1.29, 1.82) is 0 Å². The Bertz CT molecular complexity index is 273. The van der Waals surface area contributed by atoms with E-state index in [1.807, 2.05) is 18.7 Å². The van der Waals surface area contributed by atoms with Gasteiger partial charge < -0.3 is 15.8 Å². The normalized spacial score (nSPS) is 23.8. The fourth-order valence-corrected chi connectivity index (χ4v) is 1.90. The second-order valence-corrected chi connectivity index (χ2v) is 4.27. The van der Waals surface area contributed by atoms with Gasteiger partial charge in [0, 0.05) is 13.1 Å². The van der Waals surface area contributed by atoms with E-state index in [1.54, 1.807) is 0 Å². The van der Waals surface area contributed by atoms with Crippen molar-refractivity contribution in [3.8, 4) is 0 Å². The summed E-state index contributed by atoms with van der Waals surface area (Å²) in [5.41, 5.74) is 5.62. The average Bonchev–Trinajstić information content (AvgIpc) is 2.28. The quantitative estimate of drug-likeness (QED) is 0.654. The maximum absolute atomic E-state index is 11.8. The molecule has 1 saturated heterocycles. The molecule has 0 radical (unpaired) electrons. The van der Waals surface area contributed by atoms with Crippen molar-refractivity contribution in [3.05, 3.63) is 0 Å². The molecule has 3 N–H and O–H groups in total. The monoisotopic (exact) mass is 245 g/mol. The Morgan fingerprint density at radius 3 is 3.00 bits per heavy atom. The highest BCUT2D eigenvalue weighted by Gasteiger charge is 2.33. The molecule has 1 heterocycles. The van der Waals surface area contributed by atoms with E-state index in [9.17, 15) is 4.79 Å². The molecule has 1 rings (SSSR count). The zero-order valence-corrected chi connectivity index (χ0v) is 10.5. The number of likely N-dealkylation sites (N-methyl/N-ethyl adjacent to an activating group) is 1. The molecular weight excluding hydrogens is 226 g/mol. The van der Waals surface area contributed by atoms with Gasteiger partial charge in [0.05, 0.1) is 24.2 Å². The average molecular weight is 245 g/mol. The topological polar surface area (TPSA) is 67.6 Å². The van der Waals surface area contributed by atoms with Crippen molar-refractivity contribution < 1.29 is 9.53 Å². The fourth-order valence-electron chi connectivity index (χ4n) is 1.76. The number of nitrogens with zero attached hydrogens (tertiary/aromatic N) is 1. The molecule has 0 saturated carbocycles. The van der Waals surface area contributed by atoms with E-state index >= 15 is 0 Å². The maximum Gasteiger partial charge on any atom is 0.239 e. The molecule has 1 fully saturated rings. The first-order valence-corrected chi connectivity index (χ1v) is 5.89. The number of ether oxygens (including phenoxy) is 1. The van der Waals surface area contributed by atoms with Crippen LogP contribution in [0.15, 0.2) is 0 Å². The summed E-state index contributed by atoms with van der Waals surface area (Å²) < 4.78 is 5.32. The maximum atomic E-state index is 11.8. The summed E-state index contributed by atoms with van der Waals surface area (Å²) in [6.07, 6.45) is 0. The third-order valence-electron chi connectivity index (χ3n) is 2.73. The number of thiocarbonyl (C=S) groups is 1. The molecule has 0 bridgehead atoms. The Morgan fingerprint density at radius 2 is 2.44 bits per heavy atom. The molecule has 0 spiro atoms. The van der Waals surface area contributed by atoms with E-state index in [2.05, 4.69) is 5.32 Å². The van der Waals surface area contributed by atoms with Crippen molar-refractivity contribution in [3.63, 3.8) is 0 Å². The van der Waals surface area contributed by atoms with Gasteiger partial charge in [-0.3, -0.25) is 9.69 Å². The molecule has 5 nitrogen and oxygen atoms in total. The first kappa shape index (κ1) is 13.3. The lowest BCUT2D eigenvalue weighted by atomic mass is 10.1. The van der Waals surface area contributed by atoms with E-state index < -0.39 is 0 Å². The Kier molecular flexibility index (Phi) is 5.11. The van der Waals surface area contributed by atoms with Gasteiger partial charge in [-0.2, -0.15) is 0 Å². The zero-order chi connectivity index (χ0) is 12.1. The minimum Gasteiger partial charge on any atom is -0.392 e. The number of carbonyl (C=O) groups is 1. The summed E-state index contributed by atoms with van der Waals surface area (Å²) in [6, 6.07) is -0.364. The summed E-state index contributed by atoms with van der Waals surface area (Å²) >= 11 is 4.97. The van der Waals surface area contributed by atoms with Crippen LogP contribution in [0.4, 0.5) is 0 Å². The van der Waals surface area contributed by atoms with Gasteiger partial charge >= 0.3 is 0 Å². The van der Waals surface area contributed by atoms with Crippen LogP contribution < -0.4 is 11.1 Å². The van der Waals surface area contributed by atoms with Crippen LogP contribution >= 0.6 is 12.2 Å². The number of rotatable bonds is 4. The Hall–Kier alpha value is -0.720. The minimum atomic E-state index is -0.287. The molecule has 1 amide bonds. The van der Waals surface area contributed by atoms with Crippen LogP contribution in [0.2, 0.25) is 0 Å². The molecule has 0 aliphatic carbocycles. The van der Waals surface area contributed by atoms with Crippen LogP contribution in [-0.4, -0.2) is 54.2 Å². The van der Waals surface area contributed by atoms with Gasteiger partial charge in [0.1, 0.15) is 6.04 Å². The highest BCUT2D eigenvalue weighted by molar-refractivity contribution is 7.80. The largest absolute Gasteiger partial charge is 0.392 e. The number of amides is 1. The lowest BCUT2D eigenvalue weighted by Crippen LogP contribution is -2.59. The van der Waals surface area contributed by atoms with E-state index in [-0.39, 0.29) is 18.0 Å². The SMILES string of the molecule is CCNC(=O)C1COCCN1C(C)C(N)=S. The summed E-state index contributed by atoms with van der Waals surface area (Å²) in [7, 11) is 0. The van der Waals surface area contributed by atoms with Gasteiger partial charge in [-0.15, -0.1) is 0 Å². The molecule has 1 aliphatic heterocycles. The molecule has 0 aromatic carbocycles. The molecular formula is C10H19N3O2S. The first-order valence-electron chi connectivity index (χ1n) is 5.48. The van der Waals surface area contributed by atoms with Crippen LogP contribution in [0.25, 0.3) is 0 Å². The van der Waals surface area contributed by atoms with Crippen molar-refractivity contribution in [2.45, 2.75) is 25.9 Å². The molecule has 2 unspecified atom stereocenters. The van der Waals surface area contributed by atoms with Gasteiger partial charge in [0.25, 0.3) is 0 Å². The van der Waals surface area contributed by atoms with E-state index in [4.69, 9.17) is 22.7 Å². The van der Waals surface area contributed by atoms with Gasteiger partial charge in [-0.05, 0) is 13.8 Å². The second-order valence-electron chi connectivity index (χ2n) is 3.80. The van der Waals surface area contributed by atoms with Crippen LogP contribution in [0.5, 0.6) is 0 Å². The van der Waals surface area contributed by atoms with Crippen LogP contribution in [0.1, 0.15) is 13.8 Å². The molecule has 0 aromatic rings. The fraction of sp³-hybridized carbons (Fsp3) is 0.800. The Balaban J connectivity index is 2.70. The van der Waals surface area contributed by atoms with Crippen molar-refractivity contribution in [1.82, 2.24) is 10.2 Å². The molecule has 6 heteroatoms. The standard InChI is InChI=1S/C10H19N3O2S/c1-3-12-10(14)8-6-15-5-4-13(8)7(2)9(11)16/h7-8H,3-6H2,1-2H3,(H2,11,16)(H,12,14). The van der Waals surface area contributed by atoms with Crippen LogP contribution in [0, 0.1) is 0 Å². The highest BCUT2D eigenvalue weighted by atomic mass is 32.1. The lowest BCUT2D eigenvalue weighted by Gasteiger charge is -2.38. The number of hydrogen-bond donors (Lipinski definition) is 2.